The summed E-state index contributed by atoms with van der Waals surface area (Å²) in [6, 6.07) is 11.1. The van der Waals surface area contributed by atoms with Gasteiger partial charge < -0.3 is 19.3 Å². The van der Waals surface area contributed by atoms with E-state index in [2.05, 4.69) is 0 Å². The number of likely N-dealkylation sites (N-methyl/N-ethyl adjacent to an activating group) is 1. The quantitative estimate of drug-likeness (QED) is 0.669. The van der Waals surface area contributed by atoms with E-state index in [-0.39, 0.29) is 28.0 Å². The second kappa shape index (κ2) is 9.38. The lowest BCUT2D eigenvalue weighted by Crippen LogP contribution is -2.39. The van der Waals surface area contributed by atoms with Crippen molar-refractivity contribution in [1.29, 1.82) is 0 Å². The first-order valence-electron chi connectivity index (χ1n) is 9.54. The second-order valence-electron chi connectivity index (χ2n) is 7.01. The van der Waals surface area contributed by atoms with Gasteiger partial charge in [0.25, 0.3) is 5.91 Å². The van der Waals surface area contributed by atoms with Crippen molar-refractivity contribution < 1.29 is 23.5 Å². The van der Waals surface area contributed by atoms with Crippen LogP contribution in [0.2, 0.25) is 0 Å². The van der Waals surface area contributed by atoms with Crippen LogP contribution in [0, 0.1) is 5.82 Å². The van der Waals surface area contributed by atoms with Gasteiger partial charge in [0.2, 0.25) is 5.91 Å². The van der Waals surface area contributed by atoms with E-state index in [1.165, 1.54) is 34.9 Å². The number of thioether (sulfide) groups is 1. The molecule has 1 aliphatic heterocycles. The predicted molar refractivity (Wildman–Crippen MR) is 114 cm³/mol. The first-order chi connectivity index (χ1) is 14.3. The number of carbonyl (C=O) groups excluding carboxylic acids is 2. The highest BCUT2D eigenvalue weighted by Crippen LogP contribution is 2.46. The van der Waals surface area contributed by atoms with E-state index >= 15 is 0 Å². The first kappa shape index (κ1) is 22.0. The molecule has 0 N–H and O–H groups in total. The van der Waals surface area contributed by atoms with Gasteiger partial charge in [-0.2, -0.15) is 0 Å². The minimum Gasteiger partial charge on any atom is -0.497 e. The first-order valence-corrected chi connectivity index (χ1v) is 10.5. The van der Waals surface area contributed by atoms with E-state index in [9.17, 15) is 14.0 Å². The third kappa shape index (κ3) is 4.53. The zero-order valence-corrected chi connectivity index (χ0v) is 18.2. The Hall–Kier alpha value is -2.74. The fraction of sp³-hybridized carbons (Fsp3) is 0.364. The van der Waals surface area contributed by atoms with Gasteiger partial charge in [-0.1, -0.05) is 6.07 Å². The van der Waals surface area contributed by atoms with E-state index in [0.717, 1.165) is 5.56 Å². The largest absolute Gasteiger partial charge is 0.497 e. The van der Waals surface area contributed by atoms with Gasteiger partial charge in [-0.05, 0) is 43.3 Å². The van der Waals surface area contributed by atoms with E-state index in [1.807, 2.05) is 25.1 Å². The van der Waals surface area contributed by atoms with Crippen LogP contribution in [0.25, 0.3) is 0 Å². The zero-order valence-electron chi connectivity index (χ0n) is 17.4. The summed E-state index contributed by atoms with van der Waals surface area (Å²) in [6.45, 7) is 2.53. The Labute approximate surface area is 179 Å². The Bertz CT molecular complexity index is 939. The molecular weight excluding hydrogens is 407 g/mol. The summed E-state index contributed by atoms with van der Waals surface area (Å²) < 4.78 is 24.3. The van der Waals surface area contributed by atoms with Crippen LogP contribution in [0.4, 0.5) is 4.39 Å². The molecule has 6 nitrogen and oxygen atoms in total. The van der Waals surface area contributed by atoms with Crippen LogP contribution >= 0.6 is 11.8 Å². The third-order valence-corrected chi connectivity index (χ3v) is 6.42. The number of amides is 2. The normalized spacial score (nSPS) is 18.4. The smallest absolute Gasteiger partial charge is 0.253 e. The number of rotatable bonds is 7. The Morgan fingerprint density at radius 3 is 2.63 bits per heavy atom. The van der Waals surface area contributed by atoms with Crippen molar-refractivity contribution in [2.75, 3.05) is 34.4 Å². The molecule has 1 heterocycles. The molecule has 0 aliphatic carbocycles. The lowest BCUT2D eigenvalue weighted by atomic mass is 10.1. The van der Waals surface area contributed by atoms with Crippen LogP contribution in [-0.2, 0) is 4.79 Å². The second-order valence-corrected chi connectivity index (χ2v) is 8.43. The summed E-state index contributed by atoms with van der Waals surface area (Å²) >= 11 is 1.53. The summed E-state index contributed by atoms with van der Waals surface area (Å²) in [6.07, 6.45) is 0. The van der Waals surface area contributed by atoms with Gasteiger partial charge in [0.05, 0.1) is 19.5 Å². The van der Waals surface area contributed by atoms with E-state index in [0.29, 0.717) is 24.6 Å². The summed E-state index contributed by atoms with van der Waals surface area (Å²) in [4.78, 5) is 28.7. The van der Waals surface area contributed by atoms with Crippen molar-refractivity contribution in [2.24, 2.45) is 0 Å². The van der Waals surface area contributed by atoms with E-state index < -0.39 is 5.82 Å². The monoisotopic (exact) mass is 432 g/mol. The number of benzene rings is 2. The van der Waals surface area contributed by atoms with Crippen molar-refractivity contribution in [3.05, 3.63) is 59.4 Å². The molecule has 30 heavy (non-hydrogen) atoms. The summed E-state index contributed by atoms with van der Waals surface area (Å²) in [5.74, 6) is 0.597. The van der Waals surface area contributed by atoms with E-state index in [1.54, 1.807) is 32.2 Å². The molecule has 1 saturated heterocycles. The van der Waals surface area contributed by atoms with Crippen LogP contribution in [0.15, 0.2) is 42.5 Å². The maximum absolute atomic E-state index is 13.4. The van der Waals surface area contributed by atoms with Crippen molar-refractivity contribution >= 4 is 23.6 Å². The number of methoxy groups -OCH3 is 2. The Balaban J connectivity index is 1.78. The molecule has 1 fully saturated rings. The summed E-state index contributed by atoms with van der Waals surface area (Å²) in [5.41, 5.74) is 1.12. The lowest BCUT2D eigenvalue weighted by molar-refractivity contribution is -0.129. The molecule has 3 rings (SSSR count). The van der Waals surface area contributed by atoms with Gasteiger partial charge in [0.1, 0.15) is 22.7 Å². The molecule has 0 spiro atoms. The summed E-state index contributed by atoms with van der Waals surface area (Å²) in [5, 5.41) is -0.467. The van der Waals surface area contributed by atoms with Crippen LogP contribution in [0.1, 0.15) is 28.2 Å². The Morgan fingerprint density at radius 2 is 1.97 bits per heavy atom. The lowest BCUT2D eigenvalue weighted by Gasteiger charge is -2.28. The average Bonchev–Trinajstić information content (AvgIpc) is 3.04. The van der Waals surface area contributed by atoms with Gasteiger partial charge >= 0.3 is 0 Å². The van der Waals surface area contributed by atoms with Gasteiger partial charge in [0, 0.05) is 31.3 Å². The topological polar surface area (TPSA) is 59.1 Å². The maximum Gasteiger partial charge on any atom is 0.253 e. The Morgan fingerprint density at radius 1 is 1.20 bits per heavy atom. The Kier molecular flexibility index (Phi) is 6.87. The van der Waals surface area contributed by atoms with Crippen molar-refractivity contribution in [3.8, 4) is 11.5 Å². The molecule has 8 heteroatoms. The van der Waals surface area contributed by atoms with E-state index in [4.69, 9.17) is 9.47 Å². The molecule has 1 aliphatic rings. The highest BCUT2D eigenvalue weighted by atomic mass is 32.2. The number of hydrogen-bond acceptors (Lipinski definition) is 5. The minimum atomic E-state index is -0.459. The fourth-order valence-corrected chi connectivity index (χ4v) is 4.70. The summed E-state index contributed by atoms with van der Waals surface area (Å²) in [7, 11) is 4.82. The van der Waals surface area contributed by atoms with Gasteiger partial charge in [-0.25, -0.2) is 4.39 Å². The molecule has 2 aromatic carbocycles. The molecule has 0 bridgehead atoms. The fourth-order valence-electron chi connectivity index (χ4n) is 3.38. The number of halogens is 1. The zero-order chi connectivity index (χ0) is 21.8. The van der Waals surface area contributed by atoms with Crippen LogP contribution in [0.3, 0.4) is 0 Å². The molecule has 2 amide bonds. The van der Waals surface area contributed by atoms with Crippen molar-refractivity contribution in [1.82, 2.24) is 9.80 Å². The number of hydrogen-bond donors (Lipinski definition) is 0. The van der Waals surface area contributed by atoms with Crippen LogP contribution in [-0.4, -0.2) is 61.2 Å². The van der Waals surface area contributed by atoms with Crippen molar-refractivity contribution in [3.63, 3.8) is 0 Å². The number of nitrogens with zero attached hydrogens (tertiary/aromatic N) is 2. The SMILES string of the molecule is COc1ccc(OC)c(C2SC(C)C(=O)N2CCN(C)C(=O)c2cccc(F)c2)c1. The number of carbonyl (C=O) groups is 2. The maximum atomic E-state index is 13.4. The number of ether oxygens (including phenoxy) is 2. The van der Waals surface area contributed by atoms with Crippen LogP contribution < -0.4 is 9.47 Å². The standard InChI is InChI=1S/C22H25FN2O4S/c1-14-20(26)25(11-10-24(2)21(27)15-6-5-7-16(23)12-15)22(30-14)18-13-17(28-3)8-9-19(18)29-4/h5-9,12-14,22H,10-11H2,1-4H3. The molecule has 2 aromatic rings. The van der Waals surface area contributed by atoms with Gasteiger partial charge in [-0.15, -0.1) is 11.8 Å². The molecule has 2 atom stereocenters. The average molecular weight is 433 g/mol. The molecule has 0 aromatic heterocycles. The highest BCUT2D eigenvalue weighted by molar-refractivity contribution is 8.01. The minimum absolute atomic E-state index is 0.00137. The third-order valence-electron chi connectivity index (χ3n) is 5.04. The molecule has 2 unspecified atom stereocenters. The predicted octanol–water partition coefficient (Wildman–Crippen LogP) is 3.58. The van der Waals surface area contributed by atoms with Crippen molar-refractivity contribution in [2.45, 2.75) is 17.5 Å². The van der Waals surface area contributed by atoms with Gasteiger partial charge in [0.15, 0.2) is 0 Å². The highest BCUT2D eigenvalue weighted by Gasteiger charge is 2.40. The molecule has 0 saturated carbocycles. The molecule has 160 valence electrons. The molecular formula is C22H25FN2O4S. The molecule has 0 radical (unpaired) electrons. The van der Waals surface area contributed by atoms with Crippen LogP contribution in [0.5, 0.6) is 11.5 Å². The van der Waals surface area contributed by atoms with Gasteiger partial charge in [-0.3, -0.25) is 9.59 Å².